The lowest BCUT2D eigenvalue weighted by atomic mass is 9.91. The first-order valence-corrected chi connectivity index (χ1v) is 12.5. The SMILES string of the molecule is CC1(C)O[C@H]2[C@H](n3ccc4c(N)ncnc43)[C@H]3C[C@]3(CCc3ccc4cc(Cl)c(N)nc4c3F)[C@H]2O1. The van der Waals surface area contributed by atoms with E-state index < -0.39 is 5.79 Å². The summed E-state index contributed by atoms with van der Waals surface area (Å²) in [5.74, 6) is -0.124. The molecule has 2 aliphatic carbocycles. The van der Waals surface area contributed by atoms with Crippen LogP contribution in [0.4, 0.5) is 16.0 Å². The zero-order valence-electron chi connectivity index (χ0n) is 19.9. The third kappa shape index (κ3) is 3.02. The van der Waals surface area contributed by atoms with Crippen molar-refractivity contribution in [1.29, 1.82) is 0 Å². The van der Waals surface area contributed by atoms with E-state index in [1.54, 1.807) is 6.07 Å². The van der Waals surface area contributed by atoms with E-state index in [1.165, 1.54) is 6.33 Å². The lowest BCUT2D eigenvalue weighted by Gasteiger charge is -2.24. The van der Waals surface area contributed by atoms with E-state index in [1.807, 2.05) is 38.2 Å². The number of hydrogen-bond acceptors (Lipinski definition) is 7. The molecule has 8 nitrogen and oxygen atoms in total. The summed E-state index contributed by atoms with van der Waals surface area (Å²) >= 11 is 6.07. The number of benzene rings is 1. The molecule has 0 unspecified atom stereocenters. The van der Waals surface area contributed by atoms with Gasteiger partial charge in [0, 0.05) is 17.0 Å². The Morgan fingerprint density at radius 2 is 2.00 bits per heavy atom. The van der Waals surface area contributed by atoms with Crippen LogP contribution in [0.25, 0.3) is 21.9 Å². The van der Waals surface area contributed by atoms with Crippen molar-refractivity contribution in [2.45, 2.75) is 57.1 Å². The van der Waals surface area contributed by atoms with Gasteiger partial charge in [-0.15, -0.1) is 0 Å². The molecule has 1 saturated heterocycles. The fourth-order valence-corrected chi connectivity index (χ4v) is 6.82. The number of nitrogens with two attached hydrogens (primary N) is 2. The third-order valence-electron chi connectivity index (χ3n) is 8.33. The molecule has 1 aliphatic heterocycles. The maximum absolute atomic E-state index is 15.4. The quantitative estimate of drug-likeness (QED) is 0.412. The molecule has 3 aliphatic rings. The van der Waals surface area contributed by atoms with Crippen LogP contribution in [-0.2, 0) is 15.9 Å². The van der Waals surface area contributed by atoms with Crippen molar-refractivity contribution in [2.24, 2.45) is 11.3 Å². The van der Waals surface area contributed by atoms with Crippen LogP contribution in [0, 0.1) is 17.2 Å². The monoisotopic (exact) mass is 508 g/mol. The number of ether oxygens (including phenoxy) is 2. The Balaban J connectivity index is 1.23. The van der Waals surface area contributed by atoms with E-state index in [0.29, 0.717) is 34.1 Å². The summed E-state index contributed by atoms with van der Waals surface area (Å²) in [7, 11) is 0. The summed E-state index contributed by atoms with van der Waals surface area (Å²) in [5.41, 5.74) is 13.5. The van der Waals surface area contributed by atoms with Gasteiger partial charge in [0.1, 0.15) is 35.2 Å². The largest absolute Gasteiger partial charge is 0.383 e. The summed E-state index contributed by atoms with van der Waals surface area (Å²) in [6.07, 6.45) is 5.61. The Morgan fingerprint density at radius 1 is 1.17 bits per heavy atom. The van der Waals surface area contributed by atoms with Crippen LogP contribution in [0.2, 0.25) is 5.02 Å². The summed E-state index contributed by atoms with van der Waals surface area (Å²) in [4.78, 5) is 12.8. The Labute approximate surface area is 211 Å². The highest BCUT2D eigenvalue weighted by Crippen LogP contribution is 2.73. The van der Waals surface area contributed by atoms with Crippen LogP contribution < -0.4 is 11.5 Å². The van der Waals surface area contributed by atoms with Crippen molar-refractivity contribution in [3.63, 3.8) is 0 Å². The standard InChI is InChI=1S/C26H26ClFN6O2/c1-25(2)35-20-19(34-8-6-14-22(29)31-11-32-24(14)34)15-10-26(15,21(20)36-25)7-5-12-3-4-13-9-16(27)23(30)33-18(13)17(12)28/h3-4,6,8-9,11,15,19-21H,5,7,10H2,1-2H3,(H2,30,33)(H2,29,31,32)/t15-,19-,20+,21+,26+/m1/s1. The molecule has 0 spiro atoms. The summed E-state index contributed by atoms with van der Waals surface area (Å²) in [6.45, 7) is 3.90. The number of aromatic nitrogens is 4. The molecule has 7 rings (SSSR count). The molecule has 4 heterocycles. The highest BCUT2D eigenvalue weighted by Gasteiger charge is 2.75. The molecule has 10 heteroatoms. The van der Waals surface area contributed by atoms with Crippen LogP contribution in [0.5, 0.6) is 0 Å². The second-order valence-corrected chi connectivity index (χ2v) is 11.1. The van der Waals surface area contributed by atoms with Crippen molar-refractivity contribution in [2.75, 3.05) is 11.5 Å². The fraction of sp³-hybridized carbons (Fsp3) is 0.423. The van der Waals surface area contributed by atoms with Crippen molar-refractivity contribution >= 4 is 45.2 Å². The number of nitrogen functional groups attached to an aromatic ring is 2. The van der Waals surface area contributed by atoms with Gasteiger partial charge in [-0.25, -0.2) is 19.3 Å². The van der Waals surface area contributed by atoms with Gasteiger partial charge in [0.25, 0.3) is 0 Å². The summed E-state index contributed by atoms with van der Waals surface area (Å²) in [6, 6.07) is 7.32. The maximum atomic E-state index is 15.4. The molecule has 36 heavy (non-hydrogen) atoms. The lowest BCUT2D eigenvalue weighted by molar-refractivity contribution is -0.161. The van der Waals surface area contributed by atoms with Crippen molar-refractivity contribution in [1.82, 2.24) is 19.5 Å². The zero-order valence-corrected chi connectivity index (χ0v) is 20.7. The van der Waals surface area contributed by atoms with E-state index in [2.05, 4.69) is 19.5 Å². The van der Waals surface area contributed by atoms with Crippen LogP contribution in [0.3, 0.4) is 0 Å². The van der Waals surface area contributed by atoms with E-state index in [-0.39, 0.29) is 40.8 Å². The second-order valence-electron chi connectivity index (χ2n) is 10.7. The van der Waals surface area contributed by atoms with Crippen LogP contribution in [0.15, 0.2) is 36.8 Å². The fourth-order valence-electron chi connectivity index (χ4n) is 6.66. The van der Waals surface area contributed by atoms with Crippen molar-refractivity contribution < 1.29 is 13.9 Å². The van der Waals surface area contributed by atoms with Crippen LogP contribution in [0.1, 0.15) is 38.3 Å². The topological polar surface area (TPSA) is 114 Å². The average molecular weight is 509 g/mol. The molecule has 5 atom stereocenters. The van der Waals surface area contributed by atoms with Crippen molar-refractivity contribution in [3.8, 4) is 0 Å². The first-order chi connectivity index (χ1) is 17.2. The minimum Gasteiger partial charge on any atom is -0.383 e. The minimum absolute atomic E-state index is 0.0497. The first-order valence-electron chi connectivity index (χ1n) is 12.1. The number of rotatable bonds is 4. The van der Waals surface area contributed by atoms with E-state index in [0.717, 1.165) is 23.9 Å². The van der Waals surface area contributed by atoms with Crippen LogP contribution >= 0.6 is 11.6 Å². The molecule has 3 fully saturated rings. The number of nitrogens with zero attached hydrogens (tertiary/aromatic N) is 4. The zero-order chi connectivity index (χ0) is 25.0. The molecule has 0 amide bonds. The molecule has 1 aromatic carbocycles. The Hall–Kier alpha value is -3.01. The van der Waals surface area contributed by atoms with Crippen LogP contribution in [-0.4, -0.2) is 37.5 Å². The Bertz CT molecular complexity index is 1560. The highest BCUT2D eigenvalue weighted by molar-refractivity contribution is 6.33. The summed E-state index contributed by atoms with van der Waals surface area (Å²) < 4.78 is 30.5. The molecule has 0 radical (unpaired) electrons. The van der Waals surface area contributed by atoms with Gasteiger partial charge in [-0.3, -0.25) is 0 Å². The number of fused-ring (bicyclic) bond motifs is 5. The van der Waals surface area contributed by atoms with Gasteiger partial charge >= 0.3 is 0 Å². The van der Waals surface area contributed by atoms with Crippen molar-refractivity contribution in [3.05, 3.63) is 53.2 Å². The smallest absolute Gasteiger partial charge is 0.163 e. The molecule has 4 N–H and O–H groups in total. The first kappa shape index (κ1) is 22.2. The number of pyridine rings is 1. The van der Waals surface area contributed by atoms with Gasteiger partial charge < -0.3 is 25.5 Å². The number of halogens is 2. The Morgan fingerprint density at radius 3 is 2.83 bits per heavy atom. The highest BCUT2D eigenvalue weighted by atomic mass is 35.5. The van der Waals surface area contributed by atoms with E-state index >= 15 is 4.39 Å². The van der Waals surface area contributed by atoms with Gasteiger partial charge in [0.05, 0.1) is 22.6 Å². The summed E-state index contributed by atoms with van der Waals surface area (Å²) in [5, 5.41) is 1.78. The molecule has 0 bridgehead atoms. The third-order valence-corrected chi connectivity index (χ3v) is 8.63. The minimum atomic E-state index is -0.694. The number of hydrogen-bond donors (Lipinski definition) is 2. The van der Waals surface area contributed by atoms with Gasteiger partial charge in [0.15, 0.2) is 11.6 Å². The second kappa shape index (κ2) is 7.27. The predicted octanol–water partition coefficient (Wildman–Crippen LogP) is 4.65. The molecular formula is C26H26ClFN6O2. The lowest BCUT2D eigenvalue weighted by Crippen LogP contribution is -2.32. The van der Waals surface area contributed by atoms with Gasteiger partial charge in [-0.1, -0.05) is 23.7 Å². The molecule has 3 aromatic heterocycles. The predicted molar refractivity (Wildman–Crippen MR) is 135 cm³/mol. The van der Waals surface area contributed by atoms with E-state index in [9.17, 15) is 0 Å². The van der Waals surface area contributed by atoms with Gasteiger partial charge in [0.2, 0.25) is 0 Å². The molecule has 2 saturated carbocycles. The average Bonchev–Trinajstić information content (AvgIpc) is 3.09. The maximum Gasteiger partial charge on any atom is 0.163 e. The van der Waals surface area contributed by atoms with E-state index in [4.69, 9.17) is 32.5 Å². The normalized spacial score (nSPS) is 30.1. The van der Waals surface area contributed by atoms with Gasteiger partial charge in [-0.2, -0.15) is 0 Å². The Kier molecular flexibility index (Phi) is 4.49. The number of aryl methyl sites for hydroxylation is 1. The molecule has 186 valence electrons. The molecule has 4 aromatic rings. The van der Waals surface area contributed by atoms with Gasteiger partial charge in [-0.05, 0) is 56.7 Å². The number of anilines is 2. The molecular weight excluding hydrogens is 483 g/mol.